The molecule has 8 heteroatoms. The van der Waals surface area contributed by atoms with E-state index in [2.05, 4.69) is 0 Å². The van der Waals surface area contributed by atoms with Crippen molar-refractivity contribution in [1.29, 1.82) is 0 Å². The maximum atomic E-state index is 12.0. The van der Waals surface area contributed by atoms with Crippen LogP contribution in [-0.4, -0.2) is 46.1 Å². The molecule has 0 bridgehead atoms. The molecule has 0 unspecified atom stereocenters. The maximum Gasteiger partial charge on any atom is 0.405 e. The van der Waals surface area contributed by atoms with Crippen LogP contribution < -0.4 is 5.32 Å². The highest BCUT2D eigenvalue weighted by Crippen LogP contribution is 2.47. The van der Waals surface area contributed by atoms with Crippen molar-refractivity contribution >= 4 is 23.6 Å². The normalized spacial score (nSPS) is 31.7. The first-order valence-corrected chi connectivity index (χ1v) is 6.52. The van der Waals surface area contributed by atoms with Gasteiger partial charge in [0.25, 0.3) is 0 Å². The van der Waals surface area contributed by atoms with E-state index in [9.17, 15) is 22.8 Å². The molecule has 0 spiro atoms. The van der Waals surface area contributed by atoms with Gasteiger partial charge in [-0.2, -0.15) is 13.2 Å². The molecule has 4 nitrogen and oxygen atoms in total. The van der Waals surface area contributed by atoms with Crippen LogP contribution in [0.4, 0.5) is 13.2 Å². The van der Waals surface area contributed by atoms with Gasteiger partial charge in [-0.15, -0.1) is 11.8 Å². The number of hydrogen-bond acceptors (Lipinski definition) is 3. The topological polar surface area (TPSA) is 49.4 Å². The van der Waals surface area contributed by atoms with E-state index in [-0.39, 0.29) is 5.91 Å². The van der Waals surface area contributed by atoms with Gasteiger partial charge in [0.05, 0.1) is 4.87 Å². The summed E-state index contributed by atoms with van der Waals surface area (Å²) in [5, 5.41) is 1.84. The number of amides is 2. The van der Waals surface area contributed by atoms with Gasteiger partial charge in [0.1, 0.15) is 12.6 Å². The Morgan fingerprint density at radius 1 is 1.61 bits per heavy atom. The molecule has 2 aliphatic rings. The van der Waals surface area contributed by atoms with E-state index in [4.69, 9.17) is 0 Å². The van der Waals surface area contributed by atoms with Gasteiger partial charge in [-0.05, 0) is 13.3 Å². The van der Waals surface area contributed by atoms with Crippen molar-refractivity contribution in [3.8, 4) is 0 Å². The molecule has 0 aromatic rings. The van der Waals surface area contributed by atoms with E-state index in [0.29, 0.717) is 18.6 Å². The second-order valence-corrected chi connectivity index (χ2v) is 6.10. The number of hydrogen-bond donors (Lipinski definition) is 1. The molecule has 2 aliphatic heterocycles. The van der Waals surface area contributed by atoms with Crippen LogP contribution in [-0.2, 0) is 9.59 Å². The van der Waals surface area contributed by atoms with Gasteiger partial charge in [0.15, 0.2) is 0 Å². The number of fused-ring (bicyclic) bond motifs is 1. The van der Waals surface area contributed by atoms with E-state index in [1.807, 2.05) is 12.2 Å². The number of halogens is 3. The number of nitrogens with one attached hydrogen (secondary N) is 1. The molecule has 0 aromatic heterocycles. The lowest BCUT2D eigenvalue weighted by Crippen LogP contribution is -2.51. The molecule has 2 rings (SSSR count). The first-order chi connectivity index (χ1) is 8.23. The highest BCUT2D eigenvalue weighted by atomic mass is 32.2. The Morgan fingerprint density at radius 2 is 2.28 bits per heavy atom. The predicted molar refractivity (Wildman–Crippen MR) is 59.8 cm³/mol. The van der Waals surface area contributed by atoms with Crippen molar-refractivity contribution in [3.63, 3.8) is 0 Å². The first kappa shape index (κ1) is 13.5. The Bertz CT molecular complexity index is 388. The molecule has 2 amide bonds. The van der Waals surface area contributed by atoms with Gasteiger partial charge in [0.2, 0.25) is 11.8 Å². The molecule has 102 valence electrons. The number of nitrogens with zero attached hydrogens (tertiary/aromatic N) is 1. The largest absolute Gasteiger partial charge is 0.405 e. The van der Waals surface area contributed by atoms with Crippen LogP contribution in [0.15, 0.2) is 0 Å². The second kappa shape index (κ2) is 4.32. The zero-order valence-corrected chi connectivity index (χ0v) is 10.5. The number of rotatable bonds is 2. The van der Waals surface area contributed by atoms with Gasteiger partial charge in [-0.25, -0.2) is 0 Å². The molecule has 0 radical (unpaired) electrons. The van der Waals surface area contributed by atoms with Crippen LogP contribution in [0.5, 0.6) is 0 Å². The van der Waals surface area contributed by atoms with Crippen LogP contribution in [0, 0.1) is 0 Å². The van der Waals surface area contributed by atoms with E-state index in [1.54, 1.807) is 0 Å². The molecule has 2 saturated heterocycles. The Labute approximate surface area is 106 Å². The SMILES string of the molecule is C[C@@]12CCC(=O)N1[C@H](C(=O)NCC(F)(F)F)CS2. The summed E-state index contributed by atoms with van der Waals surface area (Å²) in [5.74, 6) is -0.528. The molecule has 18 heavy (non-hydrogen) atoms. The maximum absolute atomic E-state index is 12.0. The Hall–Kier alpha value is -0.920. The third-order valence-corrected chi connectivity index (χ3v) is 4.72. The van der Waals surface area contributed by atoms with Crippen LogP contribution >= 0.6 is 11.8 Å². The van der Waals surface area contributed by atoms with Gasteiger partial charge in [0, 0.05) is 12.2 Å². The summed E-state index contributed by atoms with van der Waals surface area (Å²) in [7, 11) is 0. The lowest BCUT2D eigenvalue weighted by atomic mass is 10.2. The molecular formula is C10H13F3N2O2S. The summed E-state index contributed by atoms with van der Waals surface area (Å²) in [6, 6.07) is -0.780. The van der Waals surface area contributed by atoms with Gasteiger partial charge < -0.3 is 10.2 Å². The fourth-order valence-corrected chi connectivity index (χ4v) is 3.75. The summed E-state index contributed by atoms with van der Waals surface area (Å²) >= 11 is 1.45. The van der Waals surface area contributed by atoms with Crippen molar-refractivity contribution in [2.45, 2.75) is 36.9 Å². The molecular weight excluding hydrogens is 269 g/mol. The molecule has 0 saturated carbocycles. The zero-order chi connectivity index (χ0) is 13.6. The van der Waals surface area contributed by atoms with Crippen molar-refractivity contribution in [2.24, 2.45) is 0 Å². The molecule has 2 heterocycles. The Morgan fingerprint density at radius 3 is 2.89 bits per heavy atom. The third-order valence-electron chi connectivity index (χ3n) is 3.21. The van der Waals surface area contributed by atoms with Crippen molar-refractivity contribution < 1.29 is 22.8 Å². The summed E-state index contributed by atoms with van der Waals surface area (Å²) in [4.78, 5) is 24.4. The number of thioether (sulfide) groups is 1. The lowest BCUT2D eigenvalue weighted by Gasteiger charge is -2.29. The van der Waals surface area contributed by atoms with Gasteiger partial charge in [-0.3, -0.25) is 9.59 Å². The summed E-state index contributed by atoms with van der Waals surface area (Å²) in [5.41, 5.74) is 0. The highest BCUT2D eigenvalue weighted by Gasteiger charge is 2.53. The van der Waals surface area contributed by atoms with Crippen LogP contribution in [0.2, 0.25) is 0 Å². The molecule has 2 atom stereocenters. The molecule has 0 aromatic carbocycles. The van der Waals surface area contributed by atoms with Crippen LogP contribution in [0.1, 0.15) is 19.8 Å². The van der Waals surface area contributed by atoms with Crippen molar-refractivity contribution in [2.75, 3.05) is 12.3 Å². The number of carbonyl (C=O) groups is 2. The fourth-order valence-electron chi connectivity index (χ4n) is 2.32. The Kier molecular flexibility index (Phi) is 3.25. The van der Waals surface area contributed by atoms with Gasteiger partial charge >= 0.3 is 6.18 Å². The summed E-state index contributed by atoms with van der Waals surface area (Å²) in [6.45, 7) is 0.491. The van der Waals surface area contributed by atoms with Crippen molar-refractivity contribution in [3.05, 3.63) is 0 Å². The number of carbonyl (C=O) groups excluding carboxylic acids is 2. The first-order valence-electron chi connectivity index (χ1n) is 5.53. The van der Waals surface area contributed by atoms with E-state index in [1.165, 1.54) is 16.7 Å². The highest BCUT2D eigenvalue weighted by molar-refractivity contribution is 8.01. The predicted octanol–water partition coefficient (Wildman–Crippen LogP) is 1.12. The Balaban J connectivity index is 2.02. The monoisotopic (exact) mass is 282 g/mol. The third kappa shape index (κ3) is 2.43. The zero-order valence-electron chi connectivity index (χ0n) is 9.71. The van der Waals surface area contributed by atoms with Crippen LogP contribution in [0.3, 0.4) is 0 Å². The average Bonchev–Trinajstić information content (AvgIpc) is 2.73. The summed E-state index contributed by atoms with van der Waals surface area (Å²) in [6.07, 6.45) is -3.44. The minimum absolute atomic E-state index is 0.158. The van der Waals surface area contributed by atoms with E-state index in [0.717, 1.165) is 0 Å². The quantitative estimate of drug-likeness (QED) is 0.825. The van der Waals surface area contributed by atoms with Crippen LogP contribution in [0.25, 0.3) is 0 Å². The standard InChI is InChI=1S/C10H13F3N2O2S/c1-9-3-2-7(16)15(9)6(4-18-9)8(17)14-5-10(11,12)13/h6H,2-5H2,1H3,(H,14,17)/t6-,9+/m0/s1. The minimum atomic E-state index is -4.43. The molecule has 1 N–H and O–H groups in total. The average molecular weight is 282 g/mol. The number of alkyl halides is 3. The fraction of sp³-hybridized carbons (Fsp3) is 0.800. The van der Waals surface area contributed by atoms with E-state index < -0.39 is 29.5 Å². The molecule has 2 fully saturated rings. The van der Waals surface area contributed by atoms with Gasteiger partial charge in [-0.1, -0.05) is 0 Å². The molecule has 0 aliphatic carbocycles. The van der Waals surface area contributed by atoms with Crippen molar-refractivity contribution in [1.82, 2.24) is 10.2 Å². The minimum Gasteiger partial charge on any atom is -0.345 e. The second-order valence-electron chi connectivity index (χ2n) is 4.60. The smallest absolute Gasteiger partial charge is 0.345 e. The van der Waals surface area contributed by atoms with E-state index >= 15 is 0 Å². The lowest BCUT2D eigenvalue weighted by molar-refractivity contribution is -0.144. The summed E-state index contributed by atoms with van der Waals surface area (Å²) < 4.78 is 36.1.